The smallest absolute Gasteiger partial charge is 0.234 e. The second-order valence-corrected chi connectivity index (χ2v) is 7.94. The molecule has 1 aromatic carbocycles. The minimum atomic E-state index is 0.190. The van der Waals surface area contributed by atoms with Crippen molar-refractivity contribution in [3.05, 3.63) is 80.0 Å². The molecule has 0 N–H and O–H groups in total. The number of benzene rings is 1. The van der Waals surface area contributed by atoms with Gasteiger partial charge in [0.25, 0.3) is 0 Å². The summed E-state index contributed by atoms with van der Waals surface area (Å²) in [5, 5.41) is 0. The minimum Gasteiger partial charge on any atom is -0.312 e. The van der Waals surface area contributed by atoms with E-state index in [2.05, 4.69) is 31.0 Å². The third kappa shape index (κ3) is 3.51. The Bertz CT molecular complexity index is 1460. The highest BCUT2D eigenvalue weighted by Crippen LogP contribution is 2.29. The van der Waals surface area contributed by atoms with Gasteiger partial charge in [0, 0.05) is 78.1 Å². The van der Waals surface area contributed by atoms with Gasteiger partial charge >= 0.3 is 0 Å². The first-order chi connectivity index (χ1) is 16.3. The Morgan fingerprint density at radius 2 is 1.45 bits per heavy atom. The normalized spacial score (nSPS) is 13.7. The van der Waals surface area contributed by atoms with Crippen molar-refractivity contribution in [1.29, 1.82) is 0 Å². The Morgan fingerprint density at radius 1 is 0.727 bits per heavy atom. The van der Waals surface area contributed by atoms with Gasteiger partial charge in [0.1, 0.15) is 6.33 Å². The molecule has 0 atom stereocenters. The van der Waals surface area contributed by atoms with Gasteiger partial charge in [-0.15, -0.1) is 0 Å². The van der Waals surface area contributed by atoms with Crippen molar-refractivity contribution in [3.63, 3.8) is 0 Å². The maximum atomic E-state index is 12.0. The summed E-state index contributed by atoms with van der Waals surface area (Å²) in [6.45, 7) is 0.788. The summed E-state index contributed by atoms with van der Waals surface area (Å²) in [5.41, 5.74) is 6.59. The van der Waals surface area contributed by atoms with E-state index in [-0.39, 0.29) is 5.91 Å². The molecule has 4 aromatic heterocycles. The number of carbonyl (C=O) groups is 1. The third-order valence-corrected chi connectivity index (χ3v) is 5.88. The number of hydrogen-bond donors (Lipinski definition) is 0. The number of imidazole rings is 1. The van der Waals surface area contributed by atoms with E-state index in [0.717, 1.165) is 52.2 Å². The molecule has 5 heterocycles. The standard InChI is InChI=1S/C25H19N7O/c33-24-2-1-7-31(24)22-5-3-17(4-6-22)18-8-19(10-26-9-18)21-13-29-25-30-14-23(32(25)15-21)20-11-27-16-28-12-20/h3-6,8-16H,1-2,7H2. The van der Waals surface area contributed by atoms with Gasteiger partial charge < -0.3 is 4.90 Å². The van der Waals surface area contributed by atoms with E-state index in [1.54, 1.807) is 24.8 Å². The molecule has 0 aliphatic carbocycles. The van der Waals surface area contributed by atoms with Crippen LogP contribution in [-0.2, 0) is 4.79 Å². The van der Waals surface area contributed by atoms with Crippen molar-refractivity contribution in [3.8, 4) is 33.5 Å². The van der Waals surface area contributed by atoms with Crippen LogP contribution in [0.1, 0.15) is 12.8 Å². The number of amides is 1. The molecule has 0 bridgehead atoms. The summed E-state index contributed by atoms with van der Waals surface area (Å²) >= 11 is 0. The Hall–Kier alpha value is -4.46. The topological polar surface area (TPSA) is 89.2 Å². The first-order valence-corrected chi connectivity index (χ1v) is 10.7. The summed E-state index contributed by atoms with van der Waals surface area (Å²) in [4.78, 5) is 35.4. The molecule has 160 valence electrons. The van der Waals surface area contributed by atoms with E-state index in [1.165, 1.54) is 6.33 Å². The first kappa shape index (κ1) is 19.2. The Labute approximate surface area is 189 Å². The van der Waals surface area contributed by atoms with Crippen LogP contribution < -0.4 is 4.90 Å². The Balaban J connectivity index is 1.34. The van der Waals surface area contributed by atoms with Crippen LogP contribution in [0.25, 0.3) is 39.3 Å². The highest BCUT2D eigenvalue weighted by atomic mass is 16.2. The lowest BCUT2D eigenvalue weighted by Crippen LogP contribution is -2.23. The predicted octanol–water partition coefficient (Wildman–Crippen LogP) is 4.04. The zero-order valence-corrected chi connectivity index (χ0v) is 17.7. The van der Waals surface area contributed by atoms with Gasteiger partial charge in [0.2, 0.25) is 11.7 Å². The lowest BCUT2D eigenvalue weighted by Gasteiger charge is -2.16. The Morgan fingerprint density at radius 3 is 2.21 bits per heavy atom. The number of aromatic nitrogens is 6. The maximum Gasteiger partial charge on any atom is 0.234 e. The molecule has 0 saturated carbocycles. The summed E-state index contributed by atoms with van der Waals surface area (Å²) in [6.07, 6.45) is 15.8. The van der Waals surface area contributed by atoms with Crippen molar-refractivity contribution >= 4 is 17.4 Å². The van der Waals surface area contributed by atoms with Crippen molar-refractivity contribution in [2.45, 2.75) is 12.8 Å². The van der Waals surface area contributed by atoms with E-state index >= 15 is 0 Å². The van der Waals surface area contributed by atoms with Crippen LogP contribution in [0.5, 0.6) is 0 Å². The van der Waals surface area contributed by atoms with Crippen molar-refractivity contribution in [1.82, 2.24) is 29.3 Å². The van der Waals surface area contributed by atoms with Crippen molar-refractivity contribution in [2.75, 3.05) is 11.4 Å². The molecule has 8 heteroatoms. The highest BCUT2D eigenvalue weighted by molar-refractivity contribution is 5.95. The van der Waals surface area contributed by atoms with Crippen LogP contribution in [-0.4, -0.2) is 41.8 Å². The second-order valence-electron chi connectivity index (χ2n) is 7.94. The van der Waals surface area contributed by atoms with Crippen LogP contribution in [0.4, 0.5) is 5.69 Å². The van der Waals surface area contributed by atoms with Crippen LogP contribution in [0.3, 0.4) is 0 Å². The molecule has 5 aromatic rings. The van der Waals surface area contributed by atoms with Crippen LogP contribution >= 0.6 is 0 Å². The fraction of sp³-hybridized carbons (Fsp3) is 0.120. The second kappa shape index (κ2) is 7.90. The quantitative estimate of drug-likeness (QED) is 0.425. The largest absolute Gasteiger partial charge is 0.312 e. The average molecular weight is 433 g/mol. The number of carbonyl (C=O) groups excluding carboxylic acids is 1. The molecule has 1 aliphatic rings. The zero-order valence-electron chi connectivity index (χ0n) is 17.7. The molecule has 1 fully saturated rings. The van der Waals surface area contributed by atoms with Crippen molar-refractivity contribution < 1.29 is 4.79 Å². The predicted molar refractivity (Wildman–Crippen MR) is 124 cm³/mol. The van der Waals surface area contributed by atoms with E-state index in [9.17, 15) is 4.79 Å². The third-order valence-electron chi connectivity index (χ3n) is 5.88. The number of hydrogen-bond acceptors (Lipinski definition) is 6. The fourth-order valence-corrected chi connectivity index (χ4v) is 4.18. The van der Waals surface area contributed by atoms with Crippen LogP contribution in [0.2, 0.25) is 0 Å². The van der Waals surface area contributed by atoms with Crippen molar-refractivity contribution in [2.24, 2.45) is 0 Å². The number of anilines is 1. The fourth-order valence-electron chi connectivity index (χ4n) is 4.18. The molecule has 0 unspecified atom stereocenters. The molecule has 1 saturated heterocycles. The number of nitrogens with zero attached hydrogens (tertiary/aromatic N) is 7. The lowest BCUT2D eigenvalue weighted by atomic mass is 10.0. The van der Waals surface area contributed by atoms with Gasteiger partial charge in [-0.05, 0) is 30.2 Å². The lowest BCUT2D eigenvalue weighted by molar-refractivity contribution is -0.117. The number of fused-ring (bicyclic) bond motifs is 1. The highest BCUT2D eigenvalue weighted by Gasteiger charge is 2.21. The molecule has 0 spiro atoms. The van der Waals surface area contributed by atoms with E-state index in [1.807, 2.05) is 52.2 Å². The molecule has 33 heavy (non-hydrogen) atoms. The van der Waals surface area contributed by atoms with Gasteiger partial charge in [0.05, 0.1) is 11.9 Å². The summed E-state index contributed by atoms with van der Waals surface area (Å²) in [5.74, 6) is 0.795. The average Bonchev–Trinajstić information content (AvgIpc) is 3.50. The number of pyridine rings is 1. The SMILES string of the molecule is O=C1CCCN1c1ccc(-c2cncc(-c3cnc4ncc(-c5cncnc5)n4c3)c2)cc1. The van der Waals surface area contributed by atoms with Crippen LogP contribution in [0.15, 0.2) is 80.0 Å². The molecule has 1 amide bonds. The van der Waals surface area contributed by atoms with Gasteiger partial charge in [-0.1, -0.05) is 12.1 Å². The summed E-state index contributed by atoms with van der Waals surface area (Å²) < 4.78 is 1.93. The Kier molecular flexibility index (Phi) is 4.61. The molecular weight excluding hydrogens is 414 g/mol. The van der Waals surface area contributed by atoms with Gasteiger partial charge in [-0.3, -0.25) is 14.2 Å². The first-order valence-electron chi connectivity index (χ1n) is 10.7. The molecule has 1 aliphatic heterocycles. The van der Waals surface area contributed by atoms with Gasteiger partial charge in [-0.25, -0.2) is 19.9 Å². The molecule has 0 radical (unpaired) electrons. The van der Waals surface area contributed by atoms with Gasteiger partial charge in [-0.2, -0.15) is 0 Å². The van der Waals surface area contributed by atoms with Crippen LogP contribution in [0, 0.1) is 0 Å². The monoisotopic (exact) mass is 433 g/mol. The number of rotatable bonds is 4. The molecule has 6 rings (SSSR count). The minimum absolute atomic E-state index is 0.190. The molecule has 8 nitrogen and oxygen atoms in total. The van der Waals surface area contributed by atoms with E-state index in [4.69, 9.17) is 0 Å². The van der Waals surface area contributed by atoms with Gasteiger partial charge in [0.15, 0.2) is 0 Å². The maximum absolute atomic E-state index is 12.0. The molecular formula is C25H19N7O. The summed E-state index contributed by atoms with van der Waals surface area (Å²) in [7, 11) is 0. The summed E-state index contributed by atoms with van der Waals surface area (Å²) in [6, 6.07) is 10.2. The van der Waals surface area contributed by atoms with E-state index < -0.39 is 0 Å². The zero-order chi connectivity index (χ0) is 22.2. The van der Waals surface area contributed by atoms with E-state index in [0.29, 0.717) is 12.2 Å².